The molecule has 2 aromatic heterocycles. The number of amides is 1. The van der Waals surface area contributed by atoms with Crippen molar-refractivity contribution < 1.29 is 14.3 Å². The van der Waals surface area contributed by atoms with E-state index in [-0.39, 0.29) is 18.1 Å². The highest BCUT2D eigenvalue weighted by molar-refractivity contribution is 7.13. The van der Waals surface area contributed by atoms with Gasteiger partial charge < -0.3 is 14.8 Å². The van der Waals surface area contributed by atoms with Crippen LogP contribution in [0.5, 0.6) is 11.5 Å². The van der Waals surface area contributed by atoms with Gasteiger partial charge in [0.25, 0.3) is 5.91 Å². The molecule has 3 heterocycles. The lowest BCUT2D eigenvalue weighted by atomic mass is 10.0. The molecule has 28 heavy (non-hydrogen) atoms. The van der Waals surface area contributed by atoms with Gasteiger partial charge in [0.1, 0.15) is 5.60 Å². The normalized spacial score (nSPS) is 14.2. The fourth-order valence-corrected chi connectivity index (χ4v) is 4.06. The molecule has 1 amide bonds. The topological polar surface area (TPSA) is 60.5 Å². The first-order valence-electron chi connectivity index (χ1n) is 9.20. The van der Waals surface area contributed by atoms with Crippen molar-refractivity contribution in [2.45, 2.75) is 32.4 Å². The predicted octanol–water partition coefficient (Wildman–Crippen LogP) is 4.22. The molecule has 4 rings (SSSR count). The number of ether oxygens (including phenoxy) is 2. The van der Waals surface area contributed by atoms with Crippen LogP contribution in [-0.4, -0.2) is 23.1 Å². The summed E-state index contributed by atoms with van der Waals surface area (Å²) in [5.41, 5.74) is 2.74. The average molecular weight is 394 g/mol. The molecule has 0 radical (unpaired) electrons. The van der Waals surface area contributed by atoms with Crippen LogP contribution in [0.4, 0.5) is 0 Å². The van der Waals surface area contributed by atoms with E-state index in [0.717, 1.165) is 33.9 Å². The molecule has 0 fully saturated rings. The van der Waals surface area contributed by atoms with E-state index >= 15 is 0 Å². The number of nitrogens with one attached hydrogen (secondary N) is 1. The van der Waals surface area contributed by atoms with E-state index in [1.54, 1.807) is 17.5 Å². The molecule has 0 spiro atoms. The SMILES string of the molecule is CC1(C)Cc2cccc(OCC(=O)NCc3cccnc3-c3cccs3)c2O1. The van der Waals surface area contributed by atoms with Crippen LogP contribution >= 0.6 is 11.3 Å². The molecule has 144 valence electrons. The Balaban J connectivity index is 1.37. The molecule has 5 nitrogen and oxygen atoms in total. The van der Waals surface area contributed by atoms with Crippen molar-refractivity contribution in [2.24, 2.45) is 0 Å². The number of aromatic nitrogens is 1. The summed E-state index contributed by atoms with van der Waals surface area (Å²) in [5.74, 6) is 1.17. The first kappa shape index (κ1) is 18.5. The number of carbonyl (C=O) groups excluding carboxylic acids is 1. The van der Waals surface area contributed by atoms with Gasteiger partial charge in [-0.05, 0) is 43.0 Å². The van der Waals surface area contributed by atoms with Gasteiger partial charge in [0, 0.05) is 24.7 Å². The second kappa shape index (κ2) is 7.64. The zero-order valence-corrected chi connectivity index (χ0v) is 16.7. The fourth-order valence-electron chi connectivity index (χ4n) is 3.31. The molecule has 0 unspecified atom stereocenters. The standard InChI is InChI=1S/C22H22N2O3S/c1-22(2)12-15-6-3-8-17(21(15)27-22)26-14-19(25)24-13-16-7-4-10-23-20(16)18-9-5-11-28-18/h3-11H,12-14H2,1-2H3,(H,24,25). The van der Waals surface area contributed by atoms with Crippen molar-refractivity contribution in [1.82, 2.24) is 10.3 Å². The third kappa shape index (κ3) is 4.02. The van der Waals surface area contributed by atoms with Crippen molar-refractivity contribution in [3.8, 4) is 22.1 Å². The van der Waals surface area contributed by atoms with Crippen LogP contribution in [0.25, 0.3) is 10.6 Å². The lowest BCUT2D eigenvalue weighted by molar-refractivity contribution is -0.123. The van der Waals surface area contributed by atoms with Gasteiger partial charge in [-0.1, -0.05) is 24.3 Å². The van der Waals surface area contributed by atoms with E-state index in [1.165, 1.54) is 0 Å². The summed E-state index contributed by atoms with van der Waals surface area (Å²) in [7, 11) is 0. The van der Waals surface area contributed by atoms with Gasteiger partial charge in [0.2, 0.25) is 0 Å². The van der Waals surface area contributed by atoms with Gasteiger partial charge in [0.15, 0.2) is 18.1 Å². The number of rotatable bonds is 6. The number of nitrogens with zero attached hydrogens (tertiary/aromatic N) is 1. The van der Waals surface area contributed by atoms with E-state index in [0.29, 0.717) is 12.3 Å². The maximum Gasteiger partial charge on any atom is 0.258 e. The van der Waals surface area contributed by atoms with Gasteiger partial charge in [-0.2, -0.15) is 0 Å². The van der Waals surface area contributed by atoms with Gasteiger partial charge in [-0.15, -0.1) is 11.3 Å². The summed E-state index contributed by atoms with van der Waals surface area (Å²) in [4.78, 5) is 17.9. The minimum absolute atomic E-state index is 0.0607. The number of fused-ring (bicyclic) bond motifs is 1. The van der Waals surface area contributed by atoms with Crippen LogP contribution in [0.15, 0.2) is 54.0 Å². The Morgan fingerprint density at radius 2 is 2.14 bits per heavy atom. The maximum absolute atomic E-state index is 12.3. The van der Waals surface area contributed by atoms with Crippen molar-refractivity contribution in [3.63, 3.8) is 0 Å². The van der Waals surface area contributed by atoms with Crippen molar-refractivity contribution >= 4 is 17.2 Å². The van der Waals surface area contributed by atoms with Crippen LogP contribution in [0.3, 0.4) is 0 Å². The minimum atomic E-state index is -0.247. The average Bonchev–Trinajstić information content (AvgIpc) is 3.31. The molecule has 1 aromatic carbocycles. The molecule has 0 atom stereocenters. The van der Waals surface area contributed by atoms with E-state index in [4.69, 9.17) is 9.47 Å². The number of hydrogen-bond acceptors (Lipinski definition) is 5. The summed E-state index contributed by atoms with van der Waals surface area (Å²) in [6.45, 7) is 4.43. The first-order valence-corrected chi connectivity index (χ1v) is 10.1. The lowest BCUT2D eigenvalue weighted by Crippen LogP contribution is -2.29. The molecule has 1 aliphatic heterocycles. The summed E-state index contributed by atoms with van der Waals surface area (Å²) >= 11 is 1.63. The zero-order valence-electron chi connectivity index (χ0n) is 15.9. The number of thiophene rings is 1. The Kier molecular flexibility index (Phi) is 5.05. The minimum Gasteiger partial charge on any atom is -0.483 e. The largest absolute Gasteiger partial charge is 0.483 e. The third-order valence-electron chi connectivity index (χ3n) is 4.54. The van der Waals surface area contributed by atoms with Crippen LogP contribution < -0.4 is 14.8 Å². The van der Waals surface area contributed by atoms with E-state index in [1.807, 2.05) is 61.7 Å². The predicted molar refractivity (Wildman–Crippen MR) is 110 cm³/mol. The number of carbonyl (C=O) groups is 1. The number of para-hydroxylation sites is 1. The molecule has 1 aliphatic rings. The maximum atomic E-state index is 12.3. The Morgan fingerprint density at radius 1 is 1.25 bits per heavy atom. The second-order valence-electron chi connectivity index (χ2n) is 7.34. The van der Waals surface area contributed by atoms with Crippen LogP contribution in [0.2, 0.25) is 0 Å². The first-order chi connectivity index (χ1) is 13.5. The van der Waals surface area contributed by atoms with Crippen LogP contribution in [0, 0.1) is 0 Å². The van der Waals surface area contributed by atoms with Crippen LogP contribution in [0.1, 0.15) is 25.0 Å². The molecule has 3 aromatic rings. The summed E-state index contributed by atoms with van der Waals surface area (Å²) in [6, 6.07) is 13.7. The number of benzene rings is 1. The quantitative estimate of drug-likeness (QED) is 0.680. The Hall–Kier alpha value is -2.86. The third-order valence-corrected chi connectivity index (χ3v) is 5.41. The Labute approximate surface area is 168 Å². The van der Waals surface area contributed by atoms with Gasteiger partial charge in [-0.3, -0.25) is 9.78 Å². The monoisotopic (exact) mass is 394 g/mol. The summed E-state index contributed by atoms with van der Waals surface area (Å²) < 4.78 is 11.7. The molecule has 0 saturated carbocycles. The molecular formula is C22H22N2O3S. The lowest BCUT2D eigenvalue weighted by Gasteiger charge is -2.18. The van der Waals surface area contributed by atoms with Crippen molar-refractivity contribution in [2.75, 3.05) is 6.61 Å². The fraction of sp³-hybridized carbons (Fsp3) is 0.273. The number of pyridine rings is 1. The van der Waals surface area contributed by atoms with E-state index in [9.17, 15) is 4.79 Å². The molecule has 0 aliphatic carbocycles. The smallest absolute Gasteiger partial charge is 0.258 e. The molecule has 1 N–H and O–H groups in total. The van der Waals surface area contributed by atoms with Gasteiger partial charge in [-0.25, -0.2) is 0 Å². The second-order valence-corrected chi connectivity index (χ2v) is 8.28. The van der Waals surface area contributed by atoms with Gasteiger partial charge >= 0.3 is 0 Å². The highest BCUT2D eigenvalue weighted by Gasteiger charge is 2.32. The van der Waals surface area contributed by atoms with Crippen molar-refractivity contribution in [1.29, 1.82) is 0 Å². The summed E-state index contributed by atoms with van der Waals surface area (Å²) in [5, 5.41) is 4.93. The molecule has 0 saturated heterocycles. The number of hydrogen-bond donors (Lipinski definition) is 1. The van der Waals surface area contributed by atoms with Crippen LogP contribution in [-0.2, 0) is 17.8 Å². The Morgan fingerprint density at radius 3 is 2.96 bits per heavy atom. The highest BCUT2D eigenvalue weighted by Crippen LogP contribution is 2.41. The van der Waals surface area contributed by atoms with Gasteiger partial charge in [0.05, 0.1) is 10.6 Å². The summed E-state index contributed by atoms with van der Waals surface area (Å²) in [6.07, 6.45) is 2.60. The molecular weight excluding hydrogens is 372 g/mol. The van der Waals surface area contributed by atoms with E-state index in [2.05, 4.69) is 10.3 Å². The molecule has 0 bridgehead atoms. The van der Waals surface area contributed by atoms with E-state index < -0.39 is 0 Å². The Bertz CT molecular complexity index is 983. The van der Waals surface area contributed by atoms with Crippen molar-refractivity contribution in [3.05, 3.63) is 65.2 Å². The zero-order chi connectivity index (χ0) is 19.6. The highest BCUT2D eigenvalue weighted by atomic mass is 32.1. The molecule has 6 heteroatoms.